The second kappa shape index (κ2) is 6.25. The van der Waals surface area contributed by atoms with Crippen LogP contribution in [-0.2, 0) is 0 Å². The van der Waals surface area contributed by atoms with Gasteiger partial charge in [-0.3, -0.25) is 0 Å². The number of hydrogen-bond acceptors (Lipinski definition) is 2. The maximum atomic E-state index is 13.8. The van der Waals surface area contributed by atoms with Gasteiger partial charge in [-0.15, -0.1) is 0 Å². The molecule has 0 radical (unpaired) electrons. The van der Waals surface area contributed by atoms with Crippen molar-refractivity contribution in [3.63, 3.8) is 0 Å². The summed E-state index contributed by atoms with van der Waals surface area (Å²) in [5.74, 6) is -0.536. The van der Waals surface area contributed by atoms with Crippen molar-refractivity contribution in [2.24, 2.45) is 11.8 Å². The maximum absolute atomic E-state index is 13.8. The fourth-order valence-electron chi connectivity index (χ4n) is 3.02. The Morgan fingerprint density at radius 1 is 1.35 bits per heavy atom. The maximum Gasteiger partial charge on any atom is 0.340 e. The third kappa shape index (κ3) is 3.11. The number of carboxylic acids is 1. The predicted octanol–water partition coefficient (Wildman–Crippen LogP) is 3.79. The SMILES string of the molecule is CC(C)C1CCCN(c2cccc(F)c2C(=O)O)CC1. The minimum atomic E-state index is -1.19. The molecule has 2 rings (SSSR count). The molecular formula is C16H22FNO2. The number of rotatable bonds is 3. The molecule has 20 heavy (non-hydrogen) atoms. The number of anilines is 1. The van der Waals surface area contributed by atoms with Gasteiger partial charge in [-0.1, -0.05) is 19.9 Å². The van der Waals surface area contributed by atoms with Crippen molar-refractivity contribution in [1.29, 1.82) is 0 Å². The third-order valence-corrected chi connectivity index (χ3v) is 4.26. The number of nitrogens with zero attached hydrogens (tertiary/aromatic N) is 1. The lowest BCUT2D eigenvalue weighted by atomic mass is 9.89. The zero-order valence-corrected chi connectivity index (χ0v) is 12.1. The molecule has 1 heterocycles. The first-order chi connectivity index (χ1) is 9.50. The lowest BCUT2D eigenvalue weighted by Gasteiger charge is -2.25. The van der Waals surface area contributed by atoms with Crippen molar-refractivity contribution in [1.82, 2.24) is 0 Å². The van der Waals surface area contributed by atoms with Gasteiger partial charge in [-0.05, 0) is 43.2 Å². The zero-order valence-electron chi connectivity index (χ0n) is 12.1. The van der Waals surface area contributed by atoms with Gasteiger partial charge in [-0.2, -0.15) is 0 Å². The highest BCUT2D eigenvalue weighted by Crippen LogP contribution is 2.30. The number of carbonyl (C=O) groups is 1. The molecule has 1 aliphatic rings. The summed E-state index contributed by atoms with van der Waals surface area (Å²) in [7, 11) is 0. The third-order valence-electron chi connectivity index (χ3n) is 4.26. The Morgan fingerprint density at radius 2 is 2.10 bits per heavy atom. The van der Waals surface area contributed by atoms with E-state index < -0.39 is 11.8 Å². The van der Waals surface area contributed by atoms with Crippen molar-refractivity contribution < 1.29 is 14.3 Å². The molecule has 1 aromatic rings. The normalized spacial score (nSPS) is 20.0. The molecule has 1 aliphatic heterocycles. The van der Waals surface area contributed by atoms with E-state index in [9.17, 15) is 14.3 Å². The van der Waals surface area contributed by atoms with E-state index in [1.54, 1.807) is 12.1 Å². The molecule has 1 saturated heterocycles. The molecular weight excluding hydrogens is 257 g/mol. The van der Waals surface area contributed by atoms with Crippen LogP contribution in [0.15, 0.2) is 18.2 Å². The molecule has 0 aliphatic carbocycles. The number of aromatic carboxylic acids is 1. The fraction of sp³-hybridized carbons (Fsp3) is 0.562. The van der Waals surface area contributed by atoms with Crippen LogP contribution < -0.4 is 4.90 Å². The first kappa shape index (κ1) is 14.8. The topological polar surface area (TPSA) is 40.5 Å². The van der Waals surface area contributed by atoms with Crippen molar-refractivity contribution in [2.75, 3.05) is 18.0 Å². The highest BCUT2D eigenvalue weighted by atomic mass is 19.1. The Kier molecular flexibility index (Phi) is 4.63. The van der Waals surface area contributed by atoms with Crippen LogP contribution in [0.3, 0.4) is 0 Å². The van der Waals surface area contributed by atoms with Crippen LogP contribution in [0, 0.1) is 17.7 Å². The van der Waals surface area contributed by atoms with E-state index in [1.165, 1.54) is 6.07 Å². The predicted molar refractivity (Wildman–Crippen MR) is 77.8 cm³/mol. The molecule has 4 heteroatoms. The lowest BCUT2D eigenvalue weighted by molar-refractivity contribution is 0.0692. The highest BCUT2D eigenvalue weighted by Gasteiger charge is 2.24. The van der Waals surface area contributed by atoms with Crippen LogP contribution in [0.5, 0.6) is 0 Å². The largest absolute Gasteiger partial charge is 0.478 e. The molecule has 110 valence electrons. The molecule has 1 aromatic carbocycles. The number of benzene rings is 1. The molecule has 1 unspecified atom stereocenters. The Bertz CT molecular complexity index is 487. The standard InChI is InChI=1S/C16H22FNO2/c1-11(2)12-5-4-9-18(10-8-12)14-7-3-6-13(17)15(14)16(19)20/h3,6-7,11-12H,4-5,8-10H2,1-2H3,(H,19,20). The quantitative estimate of drug-likeness (QED) is 0.915. The fourth-order valence-corrected chi connectivity index (χ4v) is 3.02. The molecule has 0 spiro atoms. The van der Waals surface area contributed by atoms with Gasteiger partial charge in [0.2, 0.25) is 0 Å². The second-order valence-electron chi connectivity index (χ2n) is 5.86. The summed E-state index contributed by atoms with van der Waals surface area (Å²) in [6.45, 7) is 6.05. The summed E-state index contributed by atoms with van der Waals surface area (Å²) >= 11 is 0. The summed E-state index contributed by atoms with van der Waals surface area (Å²) < 4.78 is 13.8. The van der Waals surface area contributed by atoms with Gasteiger partial charge in [0.15, 0.2) is 0 Å². The summed E-state index contributed by atoms with van der Waals surface area (Å²) in [5, 5.41) is 9.22. The smallest absolute Gasteiger partial charge is 0.340 e. The van der Waals surface area contributed by atoms with Crippen LogP contribution in [0.1, 0.15) is 43.5 Å². The zero-order chi connectivity index (χ0) is 14.7. The van der Waals surface area contributed by atoms with E-state index in [2.05, 4.69) is 13.8 Å². The Hall–Kier alpha value is -1.58. The van der Waals surface area contributed by atoms with E-state index in [0.717, 1.165) is 32.4 Å². The monoisotopic (exact) mass is 279 g/mol. The van der Waals surface area contributed by atoms with Crippen LogP contribution in [0.4, 0.5) is 10.1 Å². The van der Waals surface area contributed by atoms with Crippen molar-refractivity contribution in [3.05, 3.63) is 29.6 Å². The van der Waals surface area contributed by atoms with Crippen LogP contribution in [-0.4, -0.2) is 24.2 Å². The van der Waals surface area contributed by atoms with Crippen LogP contribution >= 0.6 is 0 Å². The molecule has 1 fully saturated rings. The Morgan fingerprint density at radius 3 is 2.75 bits per heavy atom. The molecule has 1 N–H and O–H groups in total. The number of carboxylic acid groups (broad SMARTS) is 1. The van der Waals surface area contributed by atoms with Gasteiger partial charge < -0.3 is 10.0 Å². The minimum Gasteiger partial charge on any atom is -0.478 e. The van der Waals surface area contributed by atoms with Crippen molar-refractivity contribution >= 4 is 11.7 Å². The summed E-state index contributed by atoms with van der Waals surface area (Å²) in [6.07, 6.45) is 3.22. The Labute approximate surface area is 119 Å². The molecule has 0 aromatic heterocycles. The second-order valence-corrected chi connectivity index (χ2v) is 5.86. The minimum absolute atomic E-state index is 0.199. The number of halogens is 1. The van der Waals surface area contributed by atoms with Crippen molar-refractivity contribution in [2.45, 2.75) is 33.1 Å². The molecule has 3 nitrogen and oxygen atoms in total. The van der Waals surface area contributed by atoms with Gasteiger partial charge in [0.1, 0.15) is 11.4 Å². The molecule has 0 amide bonds. The first-order valence-corrected chi connectivity index (χ1v) is 7.27. The number of hydrogen-bond donors (Lipinski definition) is 1. The average molecular weight is 279 g/mol. The van der Waals surface area contributed by atoms with Gasteiger partial charge in [-0.25, -0.2) is 9.18 Å². The lowest BCUT2D eigenvalue weighted by Crippen LogP contribution is -2.27. The first-order valence-electron chi connectivity index (χ1n) is 7.27. The van der Waals surface area contributed by atoms with E-state index in [4.69, 9.17) is 0 Å². The molecule has 1 atom stereocenters. The van der Waals surface area contributed by atoms with E-state index in [-0.39, 0.29) is 5.56 Å². The van der Waals surface area contributed by atoms with Crippen LogP contribution in [0.25, 0.3) is 0 Å². The Balaban J connectivity index is 2.24. The van der Waals surface area contributed by atoms with Gasteiger partial charge in [0.05, 0.1) is 5.69 Å². The summed E-state index contributed by atoms with van der Waals surface area (Å²) in [5.41, 5.74) is 0.317. The van der Waals surface area contributed by atoms with E-state index >= 15 is 0 Å². The highest BCUT2D eigenvalue weighted by molar-refractivity contribution is 5.94. The van der Waals surface area contributed by atoms with Gasteiger partial charge >= 0.3 is 5.97 Å². The molecule has 0 bridgehead atoms. The van der Waals surface area contributed by atoms with Gasteiger partial charge in [0, 0.05) is 13.1 Å². The van der Waals surface area contributed by atoms with Gasteiger partial charge in [0.25, 0.3) is 0 Å². The molecule has 0 saturated carbocycles. The van der Waals surface area contributed by atoms with E-state index in [0.29, 0.717) is 17.5 Å². The average Bonchev–Trinajstić information content (AvgIpc) is 2.63. The van der Waals surface area contributed by atoms with Crippen molar-refractivity contribution in [3.8, 4) is 0 Å². The summed E-state index contributed by atoms with van der Waals surface area (Å²) in [4.78, 5) is 13.3. The summed E-state index contributed by atoms with van der Waals surface area (Å²) in [6, 6.07) is 4.51. The van der Waals surface area contributed by atoms with Crippen LogP contribution in [0.2, 0.25) is 0 Å². The van der Waals surface area contributed by atoms with E-state index in [1.807, 2.05) is 4.90 Å².